The van der Waals surface area contributed by atoms with Crippen molar-refractivity contribution in [2.24, 2.45) is 11.8 Å². The van der Waals surface area contributed by atoms with Crippen molar-refractivity contribution in [2.75, 3.05) is 20.1 Å². The summed E-state index contributed by atoms with van der Waals surface area (Å²) in [4.78, 5) is 39.3. The van der Waals surface area contributed by atoms with Gasteiger partial charge in [-0.15, -0.1) is 0 Å². The SMILES string of the molecule is CN1C(=O)CC(C(=O)N2CCC(C(=O)O)CC2)C1c1ccc(Cl)c(F)c1. The van der Waals surface area contributed by atoms with Gasteiger partial charge in [0.2, 0.25) is 11.8 Å². The van der Waals surface area contributed by atoms with Crippen LogP contribution >= 0.6 is 11.6 Å². The second-order valence-corrected chi connectivity index (χ2v) is 7.28. The molecule has 2 atom stereocenters. The molecule has 0 aromatic heterocycles. The van der Waals surface area contributed by atoms with Gasteiger partial charge >= 0.3 is 5.97 Å². The molecule has 1 N–H and O–H groups in total. The molecule has 2 amide bonds. The maximum atomic E-state index is 13.9. The summed E-state index contributed by atoms with van der Waals surface area (Å²) in [5, 5.41) is 9.07. The number of hydrogen-bond acceptors (Lipinski definition) is 3. The Morgan fingerprint density at radius 2 is 1.92 bits per heavy atom. The molecule has 1 aromatic carbocycles. The third-order valence-electron chi connectivity index (χ3n) is 5.34. The van der Waals surface area contributed by atoms with E-state index in [9.17, 15) is 18.8 Å². The normalized spacial score (nSPS) is 24.2. The van der Waals surface area contributed by atoms with Gasteiger partial charge in [-0.2, -0.15) is 0 Å². The molecule has 26 heavy (non-hydrogen) atoms. The largest absolute Gasteiger partial charge is 0.481 e. The molecular weight excluding hydrogens is 363 g/mol. The summed E-state index contributed by atoms with van der Waals surface area (Å²) in [5.74, 6) is -2.86. The molecule has 2 heterocycles. The topological polar surface area (TPSA) is 77.9 Å². The van der Waals surface area contributed by atoms with Crippen LogP contribution in [0.3, 0.4) is 0 Å². The molecule has 140 valence electrons. The lowest BCUT2D eigenvalue weighted by Crippen LogP contribution is -2.44. The van der Waals surface area contributed by atoms with Crippen LogP contribution in [0.5, 0.6) is 0 Å². The molecule has 0 aliphatic carbocycles. The Morgan fingerprint density at radius 1 is 1.27 bits per heavy atom. The van der Waals surface area contributed by atoms with Gasteiger partial charge in [0.1, 0.15) is 5.82 Å². The zero-order chi connectivity index (χ0) is 19.0. The predicted molar refractivity (Wildman–Crippen MR) is 92.0 cm³/mol. The molecular formula is C18H20ClFN2O4. The molecule has 2 aliphatic rings. The number of carbonyl (C=O) groups excluding carboxylic acids is 2. The molecule has 8 heteroatoms. The Hall–Kier alpha value is -2.15. The Kier molecular flexibility index (Phi) is 5.18. The summed E-state index contributed by atoms with van der Waals surface area (Å²) in [6.07, 6.45) is 0.860. The van der Waals surface area contributed by atoms with Gasteiger partial charge < -0.3 is 14.9 Å². The van der Waals surface area contributed by atoms with Crippen molar-refractivity contribution in [2.45, 2.75) is 25.3 Å². The van der Waals surface area contributed by atoms with E-state index in [2.05, 4.69) is 0 Å². The van der Waals surface area contributed by atoms with E-state index in [0.29, 0.717) is 31.5 Å². The number of likely N-dealkylation sites (tertiary alicyclic amines) is 2. The van der Waals surface area contributed by atoms with Crippen LogP contribution in [0.4, 0.5) is 4.39 Å². The van der Waals surface area contributed by atoms with Crippen molar-refractivity contribution < 1.29 is 23.9 Å². The first-order valence-corrected chi connectivity index (χ1v) is 8.89. The first kappa shape index (κ1) is 18.6. The molecule has 2 fully saturated rings. The number of carboxylic acid groups (broad SMARTS) is 1. The second-order valence-electron chi connectivity index (χ2n) is 6.87. The van der Waals surface area contributed by atoms with Crippen molar-refractivity contribution in [1.82, 2.24) is 9.80 Å². The number of halogens is 2. The number of aliphatic carboxylic acids is 1. The standard InChI is InChI=1S/C18H20ClFN2O4/c1-21-15(23)9-12(16(21)11-2-3-13(19)14(20)8-11)17(24)22-6-4-10(5-7-22)18(25)26/h2-3,8,10,12,16H,4-7,9H2,1H3,(H,25,26). The van der Waals surface area contributed by atoms with Gasteiger partial charge in [0.25, 0.3) is 0 Å². The average molecular weight is 383 g/mol. The third kappa shape index (κ3) is 3.40. The quantitative estimate of drug-likeness (QED) is 0.870. The number of benzene rings is 1. The average Bonchev–Trinajstić information content (AvgIpc) is 2.92. The van der Waals surface area contributed by atoms with Gasteiger partial charge in [-0.1, -0.05) is 17.7 Å². The van der Waals surface area contributed by atoms with Gasteiger partial charge in [0, 0.05) is 26.6 Å². The van der Waals surface area contributed by atoms with Crippen LogP contribution in [0.25, 0.3) is 0 Å². The summed E-state index contributed by atoms with van der Waals surface area (Å²) in [6.45, 7) is 0.706. The minimum Gasteiger partial charge on any atom is -0.481 e. The van der Waals surface area contributed by atoms with Crippen LogP contribution in [-0.4, -0.2) is 52.8 Å². The van der Waals surface area contributed by atoms with Crippen molar-refractivity contribution in [3.05, 3.63) is 34.6 Å². The van der Waals surface area contributed by atoms with Crippen molar-refractivity contribution in [3.63, 3.8) is 0 Å². The van der Waals surface area contributed by atoms with E-state index in [1.54, 1.807) is 18.0 Å². The van der Waals surface area contributed by atoms with Crippen LogP contribution in [0.1, 0.15) is 30.9 Å². The van der Waals surface area contributed by atoms with Crippen LogP contribution in [0, 0.1) is 17.7 Å². The van der Waals surface area contributed by atoms with Crippen molar-refractivity contribution >= 4 is 29.4 Å². The fourth-order valence-corrected chi connectivity index (χ4v) is 3.94. The molecule has 3 rings (SSSR count). The molecule has 0 spiro atoms. The maximum absolute atomic E-state index is 13.9. The number of amides is 2. The zero-order valence-corrected chi connectivity index (χ0v) is 15.1. The minimum atomic E-state index is -0.845. The Labute approximate surface area is 155 Å². The van der Waals surface area contributed by atoms with E-state index in [1.165, 1.54) is 17.0 Å². The van der Waals surface area contributed by atoms with E-state index in [0.717, 1.165) is 0 Å². The summed E-state index contributed by atoms with van der Waals surface area (Å²) < 4.78 is 13.9. The fourth-order valence-electron chi connectivity index (χ4n) is 3.82. The highest BCUT2D eigenvalue weighted by Gasteiger charge is 2.45. The van der Waals surface area contributed by atoms with E-state index in [1.807, 2.05) is 0 Å². The molecule has 0 radical (unpaired) electrons. The lowest BCUT2D eigenvalue weighted by molar-refractivity contribution is -0.147. The number of piperidine rings is 1. The molecule has 2 aliphatic heterocycles. The van der Waals surface area contributed by atoms with Gasteiger partial charge in [-0.05, 0) is 30.5 Å². The van der Waals surface area contributed by atoms with Gasteiger partial charge in [-0.25, -0.2) is 4.39 Å². The van der Waals surface area contributed by atoms with Crippen molar-refractivity contribution in [1.29, 1.82) is 0 Å². The van der Waals surface area contributed by atoms with E-state index in [4.69, 9.17) is 16.7 Å². The highest BCUT2D eigenvalue weighted by Crippen LogP contribution is 2.39. The lowest BCUT2D eigenvalue weighted by atomic mass is 9.90. The summed E-state index contributed by atoms with van der Waals surface area (Å²) >= 11 is 5.73. The van der Waals surface area contributed by atoms with E-state index >= 15 is 0 Å². The summed E-state index contributed by atoms with van der Waals surface area (Å²) in [7, 11) is 1.60. The number of rotatable bonds is 3. The van der Waals surface area contributed by atoms with Crippen LogP contribution in [0.2, 0.25) is 5.02 Å². The number of carbonyl (C=O) groups is 3. The first-order valence-electron chi connectivity index (χ1n) is 8.51. The van der Waals surface area contributed by atoms with Crippen LogP contribution in [0.15, 0.2) is 18.2 Å². The number of carboxylic acids is 1. The Balaban J connectivity index is 1.80. The summed E-state index contributed by atoms with van der Waals surface area (Å²) in [6, 6.07) is 3.75. The summed E-state index contributed by atoms with van der Waals surface area (Å²) in [5.41, 5.74) is 0.527. The fraction of sp³-hybridized carbons (Fsp3) is 0.500. The highest BCUT2D eigenvalue weighted by molar-refractivity contribution is 6.30. The van der Waals surface area contributed by atoms with E-state index < -0.39 is 29.7 Å². The Bertz CT molecular complexity index is 749. The van der Waals surface area contributed by atoms with Crippen LogP contribution < -0.4 is 0 Å². The predicted octanol–water partition coefficient (Wildman–Crippen LogP) is 2.32. The van der Waals surface area contributed by atoms with Gasteiger partial charge in [0.15, 0.2) is 0 Å². The van der Waals surface area contributed by atoms with Crippen molar-refractivity contribution in [3.8, 4) is 0 Å². The zero-order valence-electron chi connectivity index (χ0n) is 14.3. The molecule has 6 nitrogen and oxygen atoms in total. The van der Waals surface area contributed by atoms with Crippen LogP contribution in [-0.2, 0) is 14.4 Å². The maximum Gasteiger partial charge on any atom is 0.306 e. The molecule has 0 bridgehead atoms. The monoisotopic (exact) mass is 382 g/mol. The lowest BCUT2D eigenvalue weighted by Gasteiger charge is -2.34. The van der Waals surface area contributed by atoms with E-state index in [-0.39, 0.29) is 23.3 Å². The molecule has 2 unspecified atom stereocenters. The third-order valence-corrected chi connectivity index (χ3v) is 5.65. The Morgan fingerprint density at radius 3 is 2.50 bits per heavy atom. The number of nitrogens with zero attached hydrogens (tertiary/aromatic N) is 2. The molecule has 0 saturated carbocycles. The highest BCUT2D eigenvalue weighted by atomic mass is 35.5. The number of hydrogen-bond donors (Lipinski definition) is 1. The molecule has 2 saturated heterocycles. The van der Waals surface area contributed by atoms with Gasteiger partial charge in [0.05, 0.1) is 22.9 Å². The first-order chi connectivity index (χ1) is 12.3. The van der Waals surface area contributed by atoms with Gasteiger partial charge in [-0.3, -0.25) is 14.4 Å². The smallest absolute Gasteiger partial charge is 0.306 e. The minimum absolute atomic E-state index is 0.0145. The second kappa shape index (κ2) is 7.23. The molecule has 1 aromatic rings.